The molecular formula is C42H40BNS. The lowest BCUT2D eigenvalue weighted by atomic mass is 9.14. The monoisotopic (exact) mass is 601 g/mol. The van der Waals surface area contributed by atoms with Crippen molar-refractivity contribution in [2.45, 2.75) is 31.8 Å². The smallest absolute Gasteiger partial charge is 0.129 e. The fourth-order valence-electron chi connectivity index (χ4n) is 6.66. The van der Waals surface area contributed by atoms with Crippen molar-refractivity contribution in [2.24, 2.45) is 0 Å². The number of nitrogens with zero attached hydrogens (tertiary/aromatic N) is 1. The highest BCUT2D eigenvalue weighted by Gasteiger charge is 2.28. The first-order chi connectivity index (χ1) is 22.2. The predicted molar refractivity (Wildman–Crippen MR) is 200 cm³/mol. The fraction of sp³-hybridized carbons (Fsp3) is 0.119. The molecule has 0 aliphatic carbocycles. The molecule has 45 heavy (non-hydrogen) atoms. The number of rotatable bonds is 9. The number of unbranched alkanes of at least 4 members (excludes halogenated alkanes) is 1. The molecule has 0 aromatic heterocycles. The van der Waals surface area contributed by atoms with Crippen LogP contribution >= 0.6 is 0 Å². The Morgan fingerprint density at radius 2 is 0.933 bits per heavy atom. The SMILES string of the molecule is CCCC[B-](c1ccccc1)(c1ccccc1)c1ccccc1.N#Cc1ccc(C[SH2+])c(-c2ccccc2)c1-c1ccccc1. The highest BCUT2D eigenvalue weighted by atomic mass is 32.1. The summed E-state index contributed by atoms with van der Waals surface area (Å²) in [6.07, 6.45) is 2.73. The van der Waals surface area contributed by atoms with Gasteiger partial charge in [0, 0.05) is 11.1 Å². The van der Waals surface area contributed by atoms with E-state index in [9.17, 15) is 5.26 Å². The van der Waals surface area contributed by atoms with Crippen LogP contribution in [0, 0.1) is 11.3 Å². The van der Waals surface area contributed by atoms with E-state index in [1.54, 1.807) is 0 Å². The molecular weight excluding hydrogens is 561 g/mol. The van der Waals surface area contributed by atoms with E-state index in [2.05, 4.69) is 141 Å². The highest BCUT2D eigenvalue weighted by Crippen LogP contribution is 2.37. The molecule has 6 aromatic rings. The largest absolute Gasteiger partial charge is 0.200 e. The van der Waals surface area contributed by atoms with E-state index in [1.807, 2.05) is 48.5 Å². The molecule has 0 saturated carbocycles. The van der Waals surface area contributed by atoms with Gasteiger partial charge in [0.2, 0.25) is 0 Å². The Bertz CT molecular complexity index is 1700. The Labute approximate surface area is 274 Å². The number of nitriles is 1. The zero-order valence-electron chi connectivity index (χ0n) is 25.9. The molecule has 0 heterocycles. The summed E-state index contributed by atoms with van der Waals surface area (Å²) in [5, 5.41) is 9.55. The summed E-state index contributed by atoms with van der Waals surface area (Å²) < 4.78 is 0. The van der Waals surface area contributed by atoms with Crippen LogP contribution in [0.5, 0.6) is 0 Å². The predicted octanol–water partition coefficient (Wildman–Crippen LogP) is 8.36. The minimum absolute atomic E-state index is 0.703. The minimum Gasteiger partial charge on any atom is -0.200 e. The van der Waals surface area contributed by atoms with Gasteiger partial charge in [-0.2, -0.15) is 28.0 Å². The van der Waals surface area contributed by atoms with E-state index < -0.39 is 6.15 Å². The summed E-state index contributed by atoms with van der Waals surface area (Å²) in [6, 6.07) is 59.8. The van der Waals surface area contributed by atoms with Crippen molar-refractivity contribution in [2.75, 3.05) is 0 Å². The molecule has 0 unspecified atom stereocenters. The molecule has 0 bridgehead atoms. The van der Waals surface area contributed by atoms with Crippen LogP contribution in [0.25, 0.3) is 22.3 Å². The van der Waals surface area contributed by atoms with E-state index in [-0.39, 0.29) is 0 Å². The Balaban J connectivity index is 0.000000178. The quantitative estimate of drug-likeness (QED) is 0.121. The third-order valence-electron chi connectivity index (χ3n) is 8.82. The van der Waals surface area contributed by atoms with Gasteiger partial charge in [0.15, 0.2) is 0 Å². The van der Waals surface area contributed by atoms with E-state index in [4.69, 9.17) is 0 Å². The summed E-state index contributed by atoms with van der Waals surface area (Å²) >= 11 is 3.63. The summed E-state index contributed by atoms with van der Waals surface area (Å²) in [6.45, 7) is 2.28. The van der Waals surface area contributed by atoms with Gasteiger partial charge in [0.1, 0.15) is 5.75 Å². The van der Waals surface area contributed by atoms with Crippen LogP contribution in [0.3, 0.4) is 0 Å². The third-order valence-corrected chi connectivity index (χ3v) is 9.20. The average molecular weight is 602 g/mol. The first kappa shape index (κ1) is 31.6. The van der Waals surface area contributed by atoms with Crippen molar-refractivity contribution >= 4 is 35.2 Å². The van der Waals surface area contributed by atoms with Gasteiger partial charge in [0.25, 0.3) is 0 Å². The van der Waals surface area contributed by atoms with Crippen molar-refractivity contribution in [3.63, 3.8) is 0 Å². The van der Waals surface area contributed by atoms with E-state index >= 15 is 0 Å². The number of hydrogen-bond acceptors (Lipinski definition) is 1. The summed E-state index contributed by atoms with van der Waals surface area (Å²) in [4.78, 5) is 0. The molecule has 222 valence electrons. The van der Waals surface area contributed by atoms with Gasteiger partial charge >= 0.3 is 0 Å². The van der Waals surface area contributed by atoms with Crippen LogP contribution in [-0.4, -0.2) is 6.15 Å². The standard InChI is InChI=1S/C22H24B.C20H15NS/c1-2-3-19-23(20-13-7-4-8-14-20,21-15-9-5-10-16-21)22-17-11-6-12-18-22;21-13-17-11-12-18(14-22)20(16-9-5-2-6-10-16)19(17)15-7-3-1-4-8-15/h4-18H,2-3,19H2,1H3;1-12,22H,14H2/q-1;/p+1. The zero-order chi connectivity index (χ0) is 31.3. The van der Waals surface area contributed by atoms with Crippen LogP contribution in [0.1, 0.15) is 30.9 Å². The minimum atomic E-state index is -0.913. The molecule has 0 aliphatic heterocycles. The number of benzene rings is 6. The second-order valence-electron chi connectivity index (χ2n) is 11.5. The highest BCUT2D eigenvalue weighted by molar-refractivity contribution is 7.57. The summed E-state index contributed by atoms with van der Waals surface area (Å²) in [5.41, 5.74) is 10.5. The molecule has 6 rings (SSSR count). The maximum Gasteiger partial charge on any atom is 0.129 e. The Hall–Kier alpha value is -4.78. The van der Waals surface area contributed by atoms with Crippen molar-refractivity contribution in [3.8, 4) is 28.3 Å². The Kier molecular flexibility index (Phi) is 11.1. The van der Waals surface area contributed by atoms with Crippen LogP contribution in [0.4, 0.5) is 0 Å². The summed E-state index contributed by atoms with van der Waals surface area (Å²) in [5.74, 6) is 0.746. The van der Waals surface area contributed by atoms with E-state index in [1.165, 1.54) is 41.1 Å². The van der Waals surface area contributed by atoms with E-state index in [0.717, 1.165) is 28.0 Å². The maximum absolute atomic E-state index is 9.55. The van der Waals surface area contributed by atoms with E-state index in [0.29, 0.717) is 5.56 Å². The van der Waals surface area contributed by atoms with Crippen molar-refractivity contribution in [1.29, 1.82) is 5.26 Å². The van der Waals surface area contributed by atoms with Crippen LogP contribution in [0.2, 0.25) is 6.32 Å². The average Bonchev–Trinajstić information content (AvgIpc) is 3.13. The molecule has 0 aliphatic rings. The van der Waals surface area contributed by atoms with Gasteiger partial charge in [-0.1, -0.05) is 177 Å². The van der Waals surface area contributed by atoms with Gasteiger partial charge in [-0.25, -0.2) is 0 Å². The van der Waals surface area contributed by atoms with Crippen molar-refractivity contribution in [1.82, 2.24) is 0 Å². The molecule has 0 atom stereocenters. The normalized spacial score (nSPS) is 10.8. The molecule has 6 aromatic carbocycles. The fourth-order valence-corrected chi connectivity index (χ4v) is 6.95. The van der Waals surface area contributed by atoms with Gasteiger partial charge in [-0.05, 0) is 35.4 Å². The zero-order valence-corrected chi connectivity index (χ0v) is 26.9. The molecule has 3 heteroatoms. The van der Waals surface area contributed by atoms with Crippen molar-refractivity contribution in [3.05, 3.63) is 175 Å². The topological polar surface area (TPSA) is 23.8 Å². The molecule has 0 radical (unpaired) electrons. The van der Waals surface area contributed by atoms with Crippen LogP contribution < -0.4 is 16.4 Å². The van der Waals surface area contributed by atoms with Gasteiger partial charge in [0.05, 0.1) is 17.8 Å². The van der Waals surface area contributed by atoms with Gasteiger partial charge in [-0.3, -0.25) is 0 Å². The van der Waals surface area contributed by atoms with Gasteiger partial charge < -0.3 is 0 Å². The lowest BCUT2D eigenvalue weighted by Gasteiger charge is -2.43. The Morgan fingerprint density at radius 3 is 1.31 bits per heavy atom. The molecule has 1 nitrogen and oxygen atoms in total. The lowest BCUT2D eigenvalue weighted by Crippen LogP contribution is -2.66. The number of hydrogen-bond donors (Lipinski definition) is 0. The molecule has 0 amide bonds. The molecule has 0 N–H and O–H groups in total. The van der Waals surface area contributed by atoms with Gasteiger partial charge in [-0.15, -0.1) is 0 Å². The first-order valence-corrected chi connectivity index (χ1v) is 16.6. The van der Waals surface area contributed by atoms with Crippen LogP contribution in [0.15, 0.2) is 164 Å². The first-order valence-electron chi connectivity index (χ1n) is 15.9. The molecule has 0 fully saturated rings. The Morgan fingerprint density at radius 1 is 0.533 bits per heavy atom. The third kappa shape index (κ3) is 7.14. The second kappa shape index (κ2) is 15.8. The molecule has 0 saturated heterocycles. The summed E-state index contributed by atoms with van der Waals surface area (Å²) in [7, 11) is 0. The lowest BCUT2D eigenvalue weighted by molar-refractivity contribution is 0.874. The molecule has 0 spiro atoms. The van der Waals surface area contributed by atoms with Crippen LogP contribution in [-0.2, 0) is 18.4 Å². The maximum atomic E-state index is 9.55. The second-order valence-corrected chi connectivity index (χ2v) is 11.8. The van der Waals surface area contributed by atoms with Crippen molar-refractivity contribution < 1.29 is 0 Å².